The monoisotopic (exact) mass is 130 g/mol. The number of aliphatic hydroxyl groups is 1. The van der Waals surface area contributed by atoms with Crippen molar-refractivity contribution >= 4 is 5.78 Å². The fourth-order valence-corrected chi connectivity index (χ4v) is 0.624. The first-order chi connectivity index (χ1) is 4.09. The fourth-order valence-electron chi connectivity index (χ4n) is 0.624. The van der Waals surface area contributed by atoms with Gasteiger partial charge in [0.1, 0.15) is 6.10 Å². The molecular weight excluding hydrogens is 116 g/mol. The standard InChI is InChI=1S/C7H14O2/c1-4-5(2)7(9)6(3)8/h5,7,9H,4H2,1-3H3/t5-,7?/m0/s1. The highest BCUT2D eigenvalue weighted by molar-refractivity contribution is 5.80. The number of carbonyl (C=O) groups is 1. The van der Waals surface area contributed by atoms with E-state index in [0.717, 1.165) is 6.42 Å². The van der Waals surface area contributed by atoms with Gasteiger partial charge in [-0.2, -0.15) is 0 Å². The van der Waals surface area contributed by atoms with Gasteiger partial charge < -0.3 is 5.11 Å². The Morgan fingerprint density at radius 1 is 1.67 bits per heavy atom. The van der Waals surface area contributed by atoms with Crippen molar-refractivity contribution in [2.75, 3.05) is 0 Å². The average Bonchev–Trinajstić information content (AvgIpc) is 1.84. The van der Waals surface area contributed by atoms with E-state index in [9.17, 15) is 4.79 Å². The second kappa shape index (κ2) is 3.62. The molecule has 1 unspecified atom stereocenters. The Morgan fingerprint density at radius 2 is 2.11 bits per heavy atom. The molecule has 0 amide bonds. The predicted octanol–water partition coefficient (Wildman–Crippen LogP) is 0.982. The number of aliphatic hydroxyl groups excluding tert-OH is 1. The summed E-state index contributed by atoms with van der Waals surface area (Å²) >= 11 is 0. The summed E-state index contributed by atoms with van der Waals surface area (Å²) < 4.78 is 0. The molecule has 1 N–H and O–H groups in total. The van der Waals surface area contributed by atoms with Gasteiger partial charge in [-0.05, 0) is 12.8 Å². The number of rotatable bonds is 3. The number of ketones is 1. The van der Waals surface area contributed by atoms with E-state index in [4.69, 9.17) is 5.11 Å². The zero-order chi connectivity index (χ0) is 7.44. The average molecular weight is 130 g/mol. The van der Waals surface area contributed by atoms with Crippen molar-refractivity contribution in [1.82, 2.24) is 0 Å². The van der Waals surface area contributed by atoms with Gasteiger partial charge in [-0.3, -0.25) is 4.79 Å². The summed E-state index contributed by atoms with van der Waals surface area (Å²) in [6.45, 7) is 5.24. The van der Waals surface area contributed by atoms with E-state index >= 15 is 0 Å². The van der Waals surface area contributed by atoms with Crippen LogP contribution < -0.4 is 0 Å². The minimum Gasteiger partial charge on any atom is -0.385 e. The van der Waals surface area contributed by atoms with Crippen LogP contribution in [-0.2, 0) is 4.79 Å². The van der Waals surface area contributed by atoms with Gasteiger partial charge in [0.15, 0.2) is 5.78 Å². The molecule has 2 heteroatoms. The predicted molar refractivity (Wildman–Crippen MR) is 36.1 cm³/mol. The maximum absolute atomic E-state index is 10.5. The highest BCUT2D eigenvalue weighted by Gasteiger charge is 2.15. The van der Waals surface area contributed by atoms with Gasteiger partial charge in [0, 0.05) is 0 Å². The van der Waals surface area contributed by atoms with Crippen molar-refractivity contribution in [2.24, 2.45) is 5.92 Å². The first-order valence-electron chi connectivity index (χ1n) is 3.28. The van der Waals surface area contributed by atoms with Crippen LogP contribution in [0.5, 0.6) is 0 Å². The Morgan fingerprint density at radius 3 is 2.22 bits per heavy atom. The van der Waals surface area contributed by atoms with Crippen molar-refractivity contribution in [3.8, 4) is 0 Å². The van der Waals surface area contributed by atoms with E-state index in [-0.39, 0.29) is 11.7 Å². The van der Waals surface area contributed by atoms with Gasteiger partial charge in [-0.1, -0.05) is 20.3 Å². The van der Waals surface area contributed by atoms with Crippen LogP contribution in [0.25, 0.3) is 0 Å². The van der Waals surface area contributed by atoms with Crippen LogP contribution >= 0.6 is 0 Å². The second-order valence-electron chi connectivity index (χ2n) is 2.44. The van der Waals surface area contributed by atoms with E-state index < -0.39 is 6.10 Å². The van der Waals surface area contributed by atoms with Crippen molar-refractivity contribution in [1.29, 1.82) is 0 Å². The van der Waals surface area contributed by atoms with Crippen LogP contribution in [0.2, 0.25) is 0 Å². The third-order valence-corrected chi connectivity index (χ3v) is 1.60. The molecule has 0 aromatic carbocycles. The van der Waals surface area contributed by atoms with Gasteiger partial charge in [-0.25, -0.2) is 0 Å². The summed E-state index contributed by atoms with van der Waals surface area (Å²) in [5, 5.41) is 9.05. The van der Waals surface area contributed by atoms with Gasteiger partial charge in [0.05, 0.1) is 0 Å². The molecule has 0 aliphatic rings. The Labute approximate surface area is 55.9 Å². The lowest BCUT2D eigenvalue weighted by Gasteiger charge is -2.12. The number of carbonyl (C=O) groups excluding carboxylic acids is 1. The molecule has 0 bridgehead atoms. The summed E-state index contributed by atoms with van der Waals surface area (Å²) in [5.74, 6) is -0.0353. The maximum Gasteiger partial charge on any atom is 0.158 e. The molecule has 0 saturated heterocycles. The molecule has 0 heterocycles. The molecule has 0 fully saturated rings. The van der Waals surface area contributed by atoms with Gasteiger partial charge in [-0.15, -0.1) is 0 Å². The van der Waals surface area contributed by atoms with E-state index in [1.807, 2.05) is 13.8 Å². The van der Waals surface area contributed by atoms with Crippen LogP contribution in [0.15, 0.2) is 0 Å². The lowest BCUT2D eigenvalue weighted by Crippen LogP contribution is -2.24. The molecule has 0 aliphatic heterocycles. The van der Waals surface area contributed by atoms with Crippen molar-refractivity contribution in [3.05, 3.63) is 0 Å². The first kappa shape index (κ1) is 8.63. The third kappa shape index (κ3) is 2.61. The van der Waals surface area contributed by atoms with Gasteiger partial charge >= 0.3 is 0 Å². The molecule has 0 rings (SSSR count). The van der Waals surface area contributed by atoms with Crippen molar-refractivity contribution in [2.45, 2.75) is 33.3 Å². The van der Waals surface area contributed by atoms with Crippen LogP contribution in [-0.4, -0.2) is 17.0 Å². The minimum atomic E-state index is -0.755. The molecule has 2 nitrogen and oxygen atoms in total. The molecule has 0 radical (unpaired) electrons. The normalized spacial score (nSPS) is 16.9. The highest BCUT2D eigenvalue weighted by atomic mass is 16.3. The van der Waals surface area contributed by atoms with E-state index in [2.05, 4.69) is 0 Å². The smallest absolute Gasteiger partial charge is 0.158 e. The quantitative estimate of drug-likeness (QED) is 0.618. The van der Waals surface area contributed by atoms with E-state index in [0.29, 0.717) is 0 Å². The maximum atomic E-state index is 10.5. The Balaban J connectivity index is 3.72. The van der Waals surface area contributed by atoms with Gasteiger partial charge in [0.25, 0.3) is 0 Å². The van der Waals surface area contributed by atoms with Crippen LogP contribution in [0.4, 0.5) is 0 Å². The minimum absolute atomic E-state index is 0.0995. The highest BCUT2D eigenvalue weighted by Crippen LogP contribution is 2.07. The third-order valence-electron chi connectivity index (χ3n) is 1.60. The Kier molecular flexibility index (Phi) is 3.47. The Hall–Kier alpha value is -0.370. The van der Waals surface area contributed by atoms with Crippen LogP contribution in [0.3, 0.4) is 0 Å². The molecule has 0 saturated carbocycles. The molecule has 0 aromatic rings. The topological polar surface area (TPSA) is 37.3 Å². The zero-order valence-corrected chi connectivity index (χ0v) is 6.22. The van der Waals surface area contributed by atoms with Crippen molar-refractivity contribution in [3.63, 3.8) is 0 Å². The number of hydrogen-bond donors (Lipinski definition) is 1. The van der Waals surface area contributed by atoms with E-state index in [1.165, 1.54) is 6.92 Å². The molecule has 9 heavy (non-hydrogen) atoms. The molecule has 0 aliphatic carbocycles. The molecular formula is C7H14O2. The van der Waals surface area contributed by atoms with Crippen LogP contribution in [0, 0.1) is 5.92 Å². The summed E-state index contributed by atoms with van der Waals surface area (Å²) in [6, 6.07) is 0. The molecule has 0 spiro atoms. The summed E-state index contributed by atoms with van der Waals surface area (Å²) in [6.07, 6.45) is 0.0933. The summed E-state index contributed by atoms with van der Waals surface area (Å²) in [7, 11) is 0. The fraction of sp³-hybridized carbons (Fsp3) is 0.857. The van der Waals surface area contributed by atoms with Crippen LogP contribution in [0.1, 0.15) is 27.2 Å². The first-order valence-corrected chi connectivity index (χ1v) is 3.28. The molecule has 54 valence electrons. The summed E-state index contributed by atoms with van der Waals surface area (Å²) in [4.78, 5) is 10.5. The Bertz CT molecular complexity index is 99.1. The summed E-state index contributed by atoms with van der Waals surface area (Å²) in [5.41, 5.74) is 0. The van der Waals surface area contributed by atoms with E-state index in [1.54, 1.807) is 0 Å². The molecule has 0 aromatic heterocycles. The SMILES string of the molecule is CC[C@H](C)C(O)C(C)=O. The number of Topliss-reactive ketones (excluding diaryl/α,β-unsaturated/α-hetero) is 1. The largest absolute Gasteiger partial charge is 0.385 e. The number of hydrogen-bond acceptors (Lipinski definition) is 2. The lowest BCUT2D eigenvalue weighted by atomic mass is 9.99. The lowest BCUT2D eigenvalue weighted by molar-refractivity contribution is -0.127. The second-order valence-corrected chi connectivity index (χ2v) is 2.44. The van der Waals surface area contributed by atoms with Crippen molar-refractivity contribution < 1.29 is 9.90 Å². The zero-order valence-electron chi connectivity index (χ0n) is 6.22. The molecule has 2 atom stereocenters. The van der Waals surface area contributed by atoms with Gasteiger partial charge in [0.2, 0.25) is 0 Å².